The molecule has 19 heavy (non-hydrogen) atoms. The molecule has 5 nitrogen and oxygen atoms in total. The number of hydrogen-bond donors (Lipinski definition) is 2. The second-order valence-corrected chi connectivity index (χ2v) is 6.50. The van der Waals surface area contributed by atoms with Crippen molar-refractivity contribution in [1.29, 1.82) is 0 Å². The first-order valence-electron chi connectivity index (χ1n) is 6.33. The molecule has 1 aromatic rings. The fraction of sp³-hybridized carbons (Fsp3) is 0.462. The summed E-state index contributed by atoms with van der Waals surface area (Å²) in [6.45, 7) is 2.74. The third kappa shape index (κ3) is 3.62. The minimum absolute atomic E-state index is 0.137. The molecule has 0 aromatic heterocycles. The van der Waals surface area contributed by atoms with Crippen molar-refractivity contribution in [3.63, 3.8) is 0 Å². The molecule has 1 atom stereocenters. The molecule has 0 spiro atoms. The molecule has 6 heteroatoms. The molecule has 1 unspecified atom stereocenters. The molecule has 1 heterocycles. The Morgan fingerprint density at radius 2 is 2.26 bits per heavy atom. The van der Waals surface area contributed by atoms with E-state index in [4.69, 9.17) is 0 Å². The lowest BCUT2D eigenvalue weighted by Crippen LogP contribution is -2.37. The maximum atomic E-state index is 12.1. The maximum Gasteiger partial charge on any atom is 0.240 e. The molecule has 1 aliphatic rings. The van der Waals surface area contributed by atoms with Crippen LogP contribution in [0.2, 0.25) is 0 Å². The zero-order chi connectivity index (χ0) is 13.9. The number of sulfonamides is 1. The van der Waals surface area contributed by atoms with Crippen molar-refractivity contribution in [2.45, 2.75) is 30.7 Å². The number of benzene rings is 1. The van der Waals surface area contributed by atoms with Gasteiger partial charge in [0, 0.05) is 18.2 Å². The first-order valence-corrected chi connectivity index (χ1v) is 7.81. The molecule has 0 bridgehead atoms. The van der Waals surface area contributed by atoms with Gasteiger partial charge in [0.05, 0.1) is 4.90 Å². The number of carbonyl (C=O) groups is 1. The van der Waals surface area contributed by atoms with Crippen LogP contribution in [0.5, 0.6) is 0 Å². The Balaban J connectivity index is 2.09. The fourth-order valence-electron chi connectivity index (χ4n) is 2.11. The average molecular weight is 282 g/mol. The molecule has 104 valence electrons. The lowest BCUT2D eigenvalue weighted by atomic mass is 10.2. The van der Waals surface area contributed by atoms with Gasteiger partial charge in [0.2, 0.25) is 10.0 Å². The van der Waals surface area contributed by atoms with Crippen molar-refractivity contribution < 1.29 is 13.2 Å². The van der Waals surface area contributed by atoms with Crippen LogP contribution in [0.1, 0.15) is 30.1 Å². The molecule has 0 radical (unpaired) electrons. The third-order valence-corrected chi connectivity index (χ3v) is 4.65. The van der Waals surface area contributed by atoms with Gasteiger partial charge < -0.3 is 5.32 Å². The number of carbonyl (C=O) groups excluding carboxylic acids is 1. The number of ketones is 1. The van der Waals surface area contributed by atoms with Gasteiger partial charge in [-0.3, -0.25) is 4.79 Å². The molecule has 2 rings (SSSR count). The smallest absolute Gasteiger partial charge is 0.240 e. The van der Waals surface area contributed by atoms with E-state index in [1.807, 2.05) is 0 Å². The maximum absolute atomic E-state index is 12.1. The second kappa shape index (κ2) is 5.81. The van der Waals surface area contributed by atoms with Gasteiger partial charge in [-0.05, 0) is 38.4 Å². The summed E-state index contributed by atoms with van der Waals surface area (Å²) in [4.78, 5) is 11.4. The average Bonchev–Trinajstić information content (AvgIpc) is 2.90. The first-order chi connectivity index (χ1) is 8.99. The van der Waals surface area contributed by atoms with E-state index in [9.17, 15) is 13.2 Å². The van der Waals surface area contributed by atoms with Gasteiger partial charge >= 0.3 is 0 Å². The van der Waals surface area contributed by atoms with E-state index in [-0.39, 0.29) is 16.7 Å². The molecule has 0 amide bonds. The monoisotopic (exact) mass is 282 g/mol. The van der Waals surface area contributed by atoms with E-state index in [1.165, 1.54) is 19.1 Å². The fourth-order valence-corrected chi connectivity index (χ4v) is 3.23. The van der Waals surface area contributed by atoms with Crippen molar-refractivity contribution in [2.24, 2.45) is 0 Å². The topological polar surface area (TPSA) is 75.3 Å². The molecule has 0 aliphatic carbocycles. The Morgan fingerprint density at radius 3 is 2.89 bits per heavy atom. The number of nitrogens with one attached hydrogen (secondary N) is 2. The van der Waals surface area contributed by atoms with Crippen molar-refractivity contribution in [1.82, 2.24) is 10.0 Å². The first kappa shape index (κ1) is 14.2. The lowest BCUT2D eigenvalue weighted by molar-refractivity contribution is 0.101. The van der Waals surface area contributed by atoms with Gasteiger partial charge in [0.1, 0.15) is 0 Å². The van der Waals surface area contributed by atoms with E-state index in [0.29, 0.717) is 12.1 Å². The highest BCUT2D eigenvalue weighted by Crippen LogP contribution is 2.12. The molecule has 1 fully saturated rings. The van der Waals surface area contributed by atoms with Crippen LogP contribution in [0.4, 0.5) is 0 Å². The van der Waals surface area contributed by atoms with Crippen LogP contribution >= 0.6 is 0 Å². The number of hydrogen-bond acceptors (Lipinski definition) is 4. The summed E-state index contributed by atoms with van der Waals surface area (Å²) < 4.78 is 26.8. The van der Waals surface area contributed by atoms with Crippen LogP contribution in [0.15, 0.2) is 29.2 Å². The van der Waals surface area contributed by atoms with Crippen LogP contribution in [0.25, 0.3) is 0 Å². The molecule has 0 saturated carbocycles. The zero-order valence-corrected chi connectivity index (χ0v) is 11.7. The summed E-state index contributed by atoms with van der Waals surface area (Å²) in [7, 11) is -3.55. The second-order valence-electron chi connectivity index (χ2n) is 4.73. The van der Waals surface area contributed by atoms with Gasteiger partial charge in [0.25, 0.3) is 0 Å². The van der Waals surface area contributed by atoms with E-state index < -0.39 is 10.0 Å². The van der Waals surface area contributed by atoms with Gasteiger partial charge in [0.15, 0.2) is 5.78 Å². The van der Waals surface area contributed by atoms with Crippen LogP contribution < -0.4 is 10.0 Å². The number of Topliss-reactive ketones (excluding diaryl/α,β-unsaturated/α-hetero) is 1. The predicted octanol–water partition coefficient (Wildman–Crippen LogP) is 0.919. The van der Waals surface area contributed by atoms with Crippen LogP contribution in [-0.4, -0.2) is 33.3 Å². The lowest BCUT2D eigenvalue weighted by Gasteiger charge is -2.12. The largest absolute Gasteiger partial charge is 0.313 e. The summed E-state index contributed by atoms with van der Waals surface area (Å²) >= 11 is 0. The third-order valence-electron chi connectivity index (χ3n) is 3.23. The van der Waals surface area contributed by atoms with Gasteiger partial charge in [-0.1, -0.05) is 12.1 Å². The van der Waals surface area contributed by atoms with Crippen LogP contribution in [-0.2, 0) is 10.0 Å². The highest BCUT2D eigenvalue weighted by molar-refractivity contribution is 7.89. The minimum Gasteiger partial charge on any atom is -0.313 e. The van der Waals surface area contributed by atoms with E-state index >= 15 is 0 Å². The summed E-state index contributed by atoms with van der Waals surface area (Å²) in [6.07, 6.45) is 2.06. The Kier molecular flexibility index (Phi) is 4.34. The SMILES string of the molecule is CC(=O)c1cccc(S(=O)(=O)NCC2CCCN2)c1. The Labute approximate surface area is 113 Å². The van der Waals surface area contributed by atoms with E-state index in [1.54, 1.807) is 12.1 Å². The Hall–Kier alpha value is -1.24. The molecular weight excluding hydrogens is 264 g/mol. The Bertz CT molecular complexity index is 563. The normalized spacial score (nSPS) is 19.5. The molecular formula is C13H18N2O3S. The van der Waals surface area contributed by atoms with Gasteiger partial charge in [-0.25, -0.2) is 13.1 Å². The van der Waals surface area contributed by atoms with Crippen molar-refractivity contribution >= 4 is 15.8 Å². The van der Waals surface area contributed by atoms with Crippen molar-refractivity contribution in [2.75, 3.05) is 13.1 Å². The quantitative estimate of drug-likeness (QED) is 0.788. The van der Waals surface area contributed by atoms with Gasteiger partial charge in [-0.2, -0.15) is 0 Å². The van der Waals surface area contributed by atoms with Gasteiger partial charge in [-0.15, -0.1) is 0 Å². The molecule has 2 N–H and O–H groups in total. The summed E-state index contributed by atoms with van der Waals surface area (Å²) in [6, 6.07) is 6.30. The van der Waals surface area contributed by atoms with Crippen LogP contribution in [0, 0.1) is 0 Å². The predicted molar refractivity (Wildman–Crippen MR) is 72.7 cm³/mol. The van der Waals surface area contributed by atoms with Crippen LogP contribution in [0.3, 0.4) is 0 Å². The molecule has 1 aromatic carbocycles. The number of rotatable bonds is 5. The summed E-state index contributed by atoms with van der Waals surface area (Å²) in [5, 5.41) is 3.23. The zero-order valence-electron chi connectivity index (χ0n) is 10.8. The van der Waals surface area contributed by atoms with E-state index in [2.05, 4.69) is 10.0 Å². The minimum atomic E-state index is -3.55. The standard InChI is InChI=1S/C13H18N2O3S/c1-10(16)11-4-2-6-13(8-11)19(17,18)15-9-12-5-3-7-14-12/h2,4,6,8,12,14-15H,3,5,7,9H2,1H3. The molecule has 1 saturated heterocycles. The molecule has 1 aliphatic heterocycles. The van der Waals surface area contributed by atoms with E-state index in [0.717, 1.165) is 19.4 Å². The van der Waals surface area contributed by atoms with Crippen molar-refractivity contribution in [3.05, 3.63) is 29.8 Å². The Morgan fingerprint density at radius 1 is 1.47 bits per heavy atom. The van der Waals surface area contributed by atoms with Crippen molar-refractivity contribution in [3.8, 4) is 0 Å². The highest BCUT2D eigenvalue weighted by atomic mass is 32.2. The summed E-state index contributed by atoms with van der Waals surface area (Å²) in [5.41, 5.74) is 0.405. The summed E-state index contributed by atoms with van der Waals surface area (Å²) in [5.74, 6) is -0.144. The highest BCUT2D eigenvalue weighted by Gasteiger charge is 2.19.